The van der Waals surface area contributed by atoms with Gasteiger partial charge in [0.25, 0.3) is 0 Å². The van der Waals surface area contributed by atoms with Crippen molar-refractivity contribution in [1.82, 2.24) is 19.7 Å². The summed E-state index contributed by atoms with van der Waals surface area (Å²) in [6.45, 7) is 0. The van der Waals surface area contributed by atoms with Gasteiger partial charge < -0.3 is 9.72 Å². The molecule has 3 aromatic heterocycles. The maximum absolute atomic E-state index is 13.0. The first-order chi connectivity index (χ1) is 15.3. The zero-order valence-corrected chi connectivity index (χ0v) is 18.2. The molecule has 1 N–H and O–H groups in total. The average Bonchev–Trinajstić information content (AvgIpc) is 3.56. The van der Waals surface area contributed by atoms with Crippen molar-refractivity contribution in [1.29, 1.82) is 0 Å². The average molecular weight is 447 g/mol. The number of hydrogen-bond donors (Lipinski definition) is 1. The smallest absolute Gasteiger partial charge is 0.196 e. The van der Waals surface area contributed by atoms with Crippen LogP contribution in [0.15, 0.2) is 77.4 Å². The number of fused-ring (bicyclic) bond motifs is 1. The highest BCUT2D eigenvalue weighted by Crippen LogP contribution is 2.34. The standard InChI is InChI=1S/C23H18N4O2S2/c1-29-20-10-5-4-9-18(20)27-22(21-11-6-12-30-21)25-26-23(27)31-14-19(28)16-13-24-17-8-3-2-7-15(16)17/h2-13,24H,14H2,1H3. The summed E-state index contributed by atoms with van der Waals surface area (Å²) in [4.78, 5) is 17.1. The van der Waals surface area contributed by atoms with Crippen LogP contribution in [0.2, 0.25) is 0 Å². The molecule has 0 amide bonds. The number of benzene rings is 2. The summed E-state index contributed by atoms with van der Waals surface area (Å²) in [5.41, 5.74) is 2.47. The SMILES string of the molecule is COc1ccccc1-n1c(SCC(=O)c2c[nH]c3ccccc23)nnc1-c1cccs1. The fraction of sp³-hybridized carbons (Fsp3) is 0.0870. The van der Waals surface area contributed by atoms with Crippen LogP contribution < -0.4 is 4.74 Å². The number of thiophene rings is 1. The van der Waals surface area contributed by atoms with Crippen molar-refractivity contribution in [2.24, 2.45) is 0 Å². The Bertz CT molecular complexity index is 1360. The van der Waals surface area contributed by atoms with E-state index in [-0.39, 0.29) is 11.5 Å². The Hall–Kier alpha value is -3.36. The molecule has 31 heavy (non-hydrogen) atoms. The second-order valence-electron chi connectivity index (χ2n) is 6.75. The molecule has 0 aliphatic rings. The lowest BCUT2D eigenvalue weighted by Crippen LogP contribution is -2.05. The van der Waals surface area contributed by atoms with Gasteiger partial charge in [0.15, 0.2) is 16.8 Å². The second-order valence-corrected chi connectivity index (χ2v) is 8.64. The predicted molar refractivity (Wildman–Crippen MR) is 125 cm³/mol. The van der Waals surface area contributed by atoms with E-state index in [0.29, 0.717) is 16.5 Å². The van der Waals surface area contributed by atoms with Gasteiger partial charge in [0.2, 0.25) is 0 Å². The molecule has 3 heterocycles. The Labute approximate surface area is 186 Å². The van der Waals surface area contributed by atoms with Gasteiger partial charge in [0.05, 0.1) is 23.4 Å². The van der Waals surface area contributed by atoms with Gasteiger partial charge in [-0.3, -0.25) is 9.36 Å². The Morgan fingerprint density at radius 3 is 2.77 bits per heavy atom. The van der Waals surface area contributed by atoms with Gasteiger partial charge in [0, 0.05) is 22.7 Å². The molecule has 5 aromatic rings. The summed E-state index contributed by atoms with van der Waals surface area (Å²) in [5, 5.41) is 12.4. The molecule has 154 valence electrons. The number of methoxy groups -OCH3 is 1. The summed E-state index contributed by atoms with van der Waals surface area (Å²) in [6, 6.07) is 19.5. The van der Waals surface area contributed by atoms with Crippen LogP contribution in [-0.2, 0) is 0 Å². The maximum Gasteiger partial charge on any atom is 0.196 e. The molecule has 8 heteroatoms. The Morgan fingerprint density at radius 2 is 1.94 bits per heavy atom. The zero-order chi connectivity index (χ0) is 21.2. The van der Waals surface area contributed by atoms with Gasteiger partial charge in [-0.2, -0.15) is 0 Å². The maximum atomic E-state index is 13.0. The minimum atomic E-state index is 0.0368. The van der Waals surface area contributed by atoms with Crippen molar-refractivity contribution in [2.45, 2.75) is 5.16 Å². The molecule has 0 spiro atoms. The predicted octanol–water partition coefficient (Wildman–Crippen LogP) is 5.46. The van der Waals surface area contributed by atoms with Crippen LogP contribution in [0.4, 0.5) is 0 Å². The van der Waals surface area contributed by atoms with Gasteiger partial charge in [0.1, 0.15) is 5.75 Å². The largest absolute Gasteiger partial charge is 0.495 e. The van der Waals surface area contributed by atoms with E-state index in [4.69, 9.17) is 4.74 Å². The number of aromatic nitrogens is 4. The molecule has 0 saturated heterocycles. The zero-order valence-electron chi connectivity index (χ0n) is 16.6. The molecule has 5 rings (SSSR count). The minimum absolute atomic E-state index is 0.0368. The number of aromatic amines is 1. The lowest BCUT2D eigenvalue weighted by atomic mass is 10.1. The number of hydrogen-bond acceptors (Lipinski definition) is 6. The number of ether oxygens (including phenoxy) is 1. The van der Waals surface area contributed by atoms with E-state index in [1.54, 1.807) is 24.6 Å². The van der Waals surface area contributed by atoms with Gasteiger partial charge in [-0.1, -0.05) is 48.2 Å². The lowest BCUT2D eigenvalue weighted by molar-refractivity contribution is 0.102. The van der Waals surface area contributed by atoms with Crippen molar-refractivity contribution < 1.29 is 9.53 Å². The molecule has 2 aromatic carbocycles. The molecule has 0 aliphatic heterocycles. The number of nitrogens with one attached hydrogen (secondary N) is 1. The first-order valence-electron chi connectivity index (χ1n) is 9.61. The van der Waals surface area contributed by atoms with Crippen molar-refractivity contribution in [2.75, 3.05) is 12.9 Å². The first-order valence-corrected chi connectivity index (χ1v) is 11.5. The molecule has 0 bridgehead atoms. The monoisotopic (exact) mass is 446 g/mol. The normalized spacial score (nSPS) is 11.1. The van der Waals surface area contributed by atoms with E-state index in [0.717, 1.165) is 27.3 Å². The van der Waals surface area contributed by atoms with E-state index in [1.165, 1.54) is 11.8 Å². The minimum Gasteiger partial charge on any atom is -0.495 e. The van der Waals surface area contributed by atoms with E-state index in [2.05, 4.69) is 15.2 Å². The molecule has 0 aliphatic carbocycles. The highest BCUT2D eigenvalue weighted by molar-refractivity contribution is 7.99. The Morgan fingerprint density at radius 1 is 1.10 bits per heavy atom. The molecule has 0 fully saturated rings. The molecule has 0 saturated carbocycles. The number of thioether (sulfide) groups is 1. The topological polar surface area (TPSA) is 72.8 Å². The molecule has 0 atom stereocenters. The highest BCUT2D eigenvalue weighted by Gasteiger charge is 2.21. The summed E-state index contributed by atoms with van der Waals surface area (Å²) in [6.07, 6.45) is 1.77. The molecule has 6 nitrogen and oxygen atoms in total. The van der Waals surface area contributed by atoms with Crippen molar-refractivity contribution in [3.05, 3.63) is 77.8 Å². The Kier molecular flexibility index (Phi) is 5.31. The van der Waals surface area contributed by atoms with E-state index >= 15 is 0 Å². The fourth-order valence-corrected chi connectivity index (χ4v) is 5.00. The summed E-state index contributed by atoms with van der Waals surface area (Å²) in [7, 11) is 1.64. The van der Waals surface area contributed by atoms with Gasteiger partial charge >= 0.3 is 0 Å². The number of H-pyrrole nitrogens is 1. The number of para-hydroxylation sites is 3. The fourth-order valence-electron chi connectivity index (χ4n) is 3.47. The molecular formula is C23H18N4O2S2. The van der Waals surface area contributed by atoms with Crippen molar-refractivity contribution in [3.63, 3.8) is 0 Å². The number of rotatable bonds is 7. The Balaban J connectivity index is 1.50. The third-order valence-electron chi connectivity index (χ3n) is 4.92. The molecule has 0 unspecified atom stereocenters. The van der Waals surface area contributed by atoms with Crippen molar-refractivity contribution in [3.8, 4) is 22.1 Å². The van der Waals surface area contributed by atoms with Crippen molar-refractivity contribution >= 4 is 39.8 Å². The molecular weight excluding hydrogens is 428 g/mol. The van der Waals surface area contributed by atoms with Gasteiger partial charge in [-0.25, -0.2) is 0 Å². The summed E-state index contributed by atoms with van der Waals surface area (Å²) in [5.74, 6) is 1.72. The van der Waals surface area contributed by atoms with Crippen LogP contribution in [0.5, 0.6) is 5.75 Å². The van der Waals surface area contributed by atoms with Crippen LogP contribution in [0.25, 0.3) is 27.3 Å². The van der Waals surface area contributed by atoms with E-state index < -0.39 is 0 Å². The van der Waals surface area contributed by atoms with Gasteiger partial charge in [-0.15, -0.1) is 21.5 Å². The second kappa shape index (κ2) is 8.41. The lowest BCUT2D eigenvalue weighted by Gasteiger charge is -2.13. The highest BCUT2D eigenvalue weighted by atomic mass is 32.2. The third kappa shape index (κ3) is 3.64. The number of carbonyl (C=O) groups is 1. The number of carbonyl (C=O) groups excluding carboxylic acids is 1. The quantitative estimate of drug-likeness (QED) is 0.265. The number of ketones is 1. The van der Waals surface area contributed by atoms with Crippen LogP contribution in [0, 0.1) is 0 Å². The van der Waals surface area contributed by atoms with Crippen LogP contribution in [0.3, 0.4) is 0 Å². The van der Waals surface area contributed by atoms with Crippen LogP contribution >= 0.6 is 23.1 Å². The van der Waals surface area contributed by atoms with E-state index in [9.17, 15) is 4.79 Å². The van der Waals surface area contributed by atoms with Gasteiger partial charge in [-0.05, 0) is 29.6 Å². The summed E-state index contributed by atoms with van der Waals surface area (Å²) >= 11 is 2.96. The third-order valence-corrected chi connectivity index (χ3v) is 6.72. The summed E-state index contributed by atoms with van der Waals surface area (Å²) < 4.78 is 7.53. The first kappa shape index (κ1) is 19.6. The van der Waals surface area contributed by atoms with Crippen LogP contribution in [-0.4, -0.2) is 38.4 Å². The number of nitrogens with zero attached hydrogens (tertiary/aromatic N) is 3. The number of Topliss-reactive ketones (excluding diaryl/α,β-unsaturated/α-hetero) is 1. The molecule has 0 radical (unpaired) electrons. The van der Waals surface area contributed by atoms with E-state index in [1.807, 2.05) is 70.6 Å². The van der Waals surface area contributed by atoms with Crippen LogP contribution in [0.1, 0.15) is 10.4 Å².